The van der Waals surface area contributed by atoms with Crippen molar-refractivity contribution in [3.8, 4) is 0 Å². The molecule has 0 saturated carbocycles. The molecule has 6 nitrogen and oxygen atoms in total. The fraction of sp³-hybridized carbons (Fsp3) is 0.933. The first-order valence-corrected chi connectivity index (χ1v) is 10.2. The number of nitrogens with one attached hydrogen (secondary N) is 2. The summed E-state index contributed by atoms with van der Waals surface area (Å²) in [6.45, 7) is 9.14. The lowest BCUT2D eigenvalue weighted by molar-refractivity contribution is 0.130. The van der Waals surface area contributed by atoms with E-state index < -0.39 is 9.84 Å². The molecule has 0 fully saturated rings. The number of ether oxygens (including phenoxy) is 1. The summed E-state index contributed by atoms with van der Waals surface area (Å²) >= 11 is 0. The van der Waals surface area contributed by atoms with Crippen molar-refractivity contribution in [2.24, 2.45) is 4.99 Å². The molecule has 0 rings (SSSR count). The lowest BCUT2D eigenvalue weighted by Gasteiger charge is -2.17. The summed E-state index contributed by atoms with van der Waals surface area (Å²) < 4.78 is 27.9. The Morgan fingerprint density at radius 3 is 2.43 bits per heavy atom. The van der Waals surface area contributed by atoms with Crippen LogP contribution in [0.15, 0.2) is 4.99 Å². The number of unbranched alkanes of at least 4 members (excludes halogenated alkanes) is 1. The molecule has 2 N–H and O–H groups in total. The third kappa shape index (κ3) is 18.1. The van der Waals surface area contributed by atoms with Crippen LogP contribution in [0.3, 0.4) is 0 Å². The van der Waals surface area contributed by atoms with Crippen LogP contribution in [0, 0.1) is 0 Å². The monoisotopic (exact) mass is 463 g/mol. The van der Waals surface area contributed by atoms with Crippen molar-refractivity contribution in [3.05, 3.63) is 0 Å². The third-order valence-electron chi connectivity index (χ3n) is 3.01. The Bertz CT molecular complexity index is 403. The highest BCUT2D eigenvalue weighted by atomic mass is 127. The van der Waals surface area contributed by atoms with Crippen molar-refractivity contribution in [2.45, 2.75) is 52.5 Å². The van der Waals surface area contributed by atoms with Gasteiger partial charge in [-0.15, -0.1) is 24.0 Å². The van der Waals surface area contributed by atoms with Crippen LogP contribution >= 0.6 is 24.0 Å². The maximum atomic E-state index is 11.2. The Kier molecular flexibility index (Phi) is 16.9. The van der Waals surface area contributed by atoms with Crippen LogP contribution in [-0.2, 0) is 14.6 Å². The average molecular weight is 463 g/mol. The van der Waals surface area contributed by atoms with Gasteiger partial charge in [0.25, 0.3) is 0 Å². The molecule has 0 saturated heterocycles. The van der Waals surface area contributed by atoms with E-state index in [9.17, 15) is 8.42 Å². The highest BCUT2D eigenvalue weighted by molar-refractivity contribution is 14.0. The predicted octanol–water partition coefficient (Wildman–Crippen LogP) is 2.19. The zero-order chi connectivity index (χ0) is 16.8. The summed E-state index contributed by atoms with van der Waals surface area (Å²) in [6, 6.07) is 0.0633. The number of nitrogens with zero attached hydrogens (tertiary/aromatic N) is 1. The molecule has 1 atom stereocenters. The first-order valence-electron chi connectivity index (χ1n) is 8.19. The van der Waals surface area contributed by atoms with E-state index in [1.165, 1.54) is 6.26 Å². The predicted molar refractivity (Wildman–Crippen MR) is 109 cm³/mol. The smallest absolute Gasteiger partial charge is 0.191 e. The standard InChI is InChI=1S/C15H33N3O3S.HI/c1-5-7-11-21-12-8-10-17-15(16-6-2)18-14(3)9-13-22(4,19)20;/h14H,5-13H2,1-4H3,(H2,16,17,18);1H. The normalized spacial score (nSPS) is 13.3. The molecule has 0 heterocycles. The second-order valence-corrected chi connectivity index (χ2v) is 7.80. The van der Waals surface area contributed by atoms with Gasteiger partial charge in [0.1, 0.15) is 9.84 Å². The number of hydrogen-bond donors (Lipinski definition) is 2. The highest BCUT2D eigenvalue weighted by Gasteiger charge is 2.09. The van der Waals surface area contributed by atoms with E-state index in [1.54, 1.807) is 0 Å². The fourth-order valence-corrected chi connectivity index (χ4v) is 2.50. The number of sulfone groups is 1. The van der Waals surface area contributed by atoms with Crippen molar-refractivity contribution >= 4 is 39.8 Å². The molecule has 0 bridgehead atoms. The Labute approximate surface area is 159 Å². The Morgan fingerprint density at radius 1 is 1.22 bits per heavy atom. The lowest BCUT2D eigenvalue weighted by Crippen LogP contribution is -2.43. The van der Waals surface area contributed by atoms with Crippen LogP contribution in [0.1, 0.15) is 46.5 Å². The second kappa shape index (κ2) is 15.4. The van der Waals surface area contributed by atoms with E-state index in [0.717, 1.165) is 45.0 Å². The number of rotatable bonds is 12. The molecule has 23 heavy (non-hydrogen) atoms. The molecule has 0 aromatic rings. The molecular formula is C15H34IN3O3S. The zero-order valence-electron chi connectivity index (χ0n) is 14.9. The van der Waals surface area contributed by atoms with Gasteiger partial charge >= 0.3 is 0 Å². The van der Waals surface area contributed by atoms with Crippen molar-refractivity contribution < 1.29 is 13.2 Å². The van der Waals surface area contributed by atoms with Gasteiger partial charge in [0.15, 0.2) is 5.96 Å². The van der Waals surface area contributed by atoms with Crippen LogP contribution in [0.4, 0.5) is 0 Å². The summed E-state index contributed by atoms with van der Waals surface area (Å²) in [7, 11) is -2.92. The van der Waals surface area contributed by atoms with E-state index in [-0.39, 0.29) is 35.8 Å². The van der Waals surface area contributed by atoms with Gasteiger partial charge in [-0.2, -0.15) is 0 Å². The molecular weight excluding hydrogens is 429 g/mol. The zero-order valence-corrected chi connectivity index (χ0v) is 18.1. The maximum absolute atomic E-state index is 11.2. The largest absolute Gasteiger partial charge is 0.381 e. The van der Waals surface area contributed by atoms with Crippen LogP contribution in [-0.4, -0.2) is 58.7 Å². The summed E-state index contributed by atoms with van der Waals surface area (Å²) in [5.41, 5.74) is 0. The summed E-state index contributed by atoms with van der Waals surface area (Å²) in [5, 5.41) is 6.41. The molecule has 0 aliphatic heterocycles. The van der Waals surface area contributed by atoms with Crippen LogP contribution in [0.5, 0.6) is 0 Å². The minimum absolute atomic E-state index is 0. The van der Waals surface area contributed by atoms with Crippen LogP contribution in [0.25, 0.3) is 0 Å². The molecule has 0 aliphatic rings. The van der Waals surface area contributed by atoms with E-state index in [1.807, 2.05) is 13.8 Å². The Morgan fingerprint density at radius 2 is 1.87 bits per heavy atom. The quantitative estimate of drug-likeness (QED) is 0.201. The van der Waals surface area contributed by atoms with Crippen LogP contribution in [0.2, 0.25) is 0 Å². The van der Waals surface area contributed by atoms with Gasteiger partial charge < -0.3 is 15.4 Å². The summed E-state index contributed by atoms with van der Waals surface area (Å²) in [4.78, 5) is 4.48. The van der Waals surface area contributed by atoms with Crippen molar-refractivity contribution in [1.82, 2.24) is 10.6 Å². The minimum Gasteiger partial charge on any atom is -0.381 e. The SMILES string of the molecule is CCCCOCCCN=C(NCC)NC(C)CCS(C)(=O)=O.I. The van der Waals surface area contributed by atoms with Crippen molar-refractivity contribution in [2.75, 3.05) is 38.3 Å². The molecule has 0 spiro atoms. The van der Waals surface area contributed by atoms with Gasteiger partial charge in [-0.05, 0) is 33.1 Å². The third-order valence-corrected chi connectivity index (χ3v) is 3.99. The molecule has 0 aromatic heterocycles. The second-order valence-electron chi connectivity index (χ2n) is 5.54. The number of halogens is 1. The van der Waals surface area contributed by atoms with Gasteiger partial charge in [0.05, 0.1) is 5.75 Å². The maximum Gasteiger partial charge on any atom is 0.191 e. The number of hydrogen-bond acceptors (Lipinski definition) is 4. The van der Waals surface area contributed by atoms with E-state index >= 15 is 0 Å². The van der Waals surface area contributed by atoms with Crippen LogP contribution < -0.4 is 10.6 Å². The average Bonchev–Trinajstić information content (AvgIpc) is 2.43. The lowest BCUT2D eigenvalue weighted by atomic mass is 10.3. The van der Waals surface area contributed by atoms with Gasteiger partial charge in [0, 0.05) is 38.6 Å². The minimum atomic E-state index is -2.92. The first kappa shape index (κ1) is 25.2. The molecule has 140 valence electrons. The molecule has 0 aromatic carbocycles. The van der Waals surface area contributed by atoms with Gasteiger partial charge in [-0.1, -0.05) is 13.3 Å². The molecule has 1 unspecified atom stereocenters. The topological polar surface area (TPSA) is 79.8 Å². The molecule has 0 aliphatic carbocycles. The number of aliphatic imine (C=N–C) groups is 1. The van der Waals surface area contributed by atoms with Gasteiger partial charge in [-0.25, -0.2) is 8.42 Å². The summed E-state index contributed by atoms with van der Waals surface area (Å²) in [6.07, 6.45) is 4.97. The fourth-order valence-electron chi connectivity index (χ4n) is 1.72. The van der Waals surface area contributed by atoms with Gasteiger partial charge in [0.2, 0.25) is 0 Å². The Hall–Kier alpha value is -0.0900. The number of guanidine groups is 1. The van der Waals surface area contributed by atoms with Gasteiger partial charge in [-0.3, -0.25) is 4.99 Å². The Balaban J connectivity index is 0. The highest BCUT2D eigenvalue weighted by Crippen LogP contribution is 1.96. The molecule has 0 amide bonds. The molecule has 8 heteroatoms. The summed E-state index contributed by atoms with van der Waals surface area (Å²) in [5.74, 6) is 0.920. The van der Waals surface area contributed by atoms with Crippen molar-refractivity contribution in [1.29, 1.82) is 0 Å². The first-order chi connectivity index (χ1) is 10.4. The van der Waals surface area contributed by atoms with E-state index in [4.69, 9.17) is 4.74 Å². The molecule has 0 radical (unpaired) electrons. The van der Waals surface area contributed by atoms with E-state index in [0.29, 0.717) is 13.0 Å². The van der Waals surface area contributed by atoms with Crippen molar-refractivity contribution in [3.63, 3.8) is 0 Å². The van der Waals surface area contributed by atoms with E-state index in [2.05, 4.69) is 22.5 Å².